The lowest BCUT2D eigenvalue weighted by Crippen LogP contribution is -2.46. The maximum absolute atomic E-state index is 11.9. The Hall–Kier alpha value is -1.14. The lowest BCUT2D eigenvalue weighted by atomic mass is 10.1. The molecule has 0 aromatic rings. The second-order valence-electron chi connectivity index (χ2n) is 7.56. The van der Waals surface area contributed by atoms with Crippen molar-refractivity contribution in [3.8, 4) is 0 Å². The van der Waals surface area contributed by atoms with Gasteiger partial charge < -0.3 is 20.5 Å². The summed E-state index contributed by atoms with van der Waals surface area (Å²) < 4.78 is 10.8. The van der Waals surface area contributed by atoms with Gasteiger partial charge in [0.15, 0.2) is 0 Å². The van der Waals surface area contributed by atoms with Gasteiger partial charge in [0, 0.05) is 12.5 Å². The molecule has 0 aromatic heterocycles. The fraction of sp³-hybridized carbons (Fsp3) is 0.875. The third kappa shape index (κ3) is 11.5. The first-order chi connectivity index (χ1) is 9.80. The maximum atomic E-state index is 11.9. The van der Waals surface area contributed by atoms with Crippen molar-refractivity contribution in [1.82, 2.24) is 5.32 Å². The van der Waals surface area contributed by atoms with Crippen LogP contribution in [0.3, 0.4) is 0 Å². The summed E-state index contributed by atoms with van der Waals surface area (Å²) in [6.45, 7) is 13.5. The molecule has 0 saturated carbocycles. The van der Waals surface area contributed by atoms with Gasteiger partial charge in [0.05, 0.1) is 18.2 Å². The Morgan fingerprint density at radius 1 is 1.09 bits per heavy atom. The van der Waals surface area contributed by atoms with E-state index in [1.54, 1.807) is 20.8 Å². The van der Waals surface area contributed by atoms with Crippen molar-refractivity contribution in [2.24, 2.45) is 5.73 Å². The molecule has 0 saturated heterocycles. The number of ether oxygens (including phenoxy) is 2. The zero-order valence-corrected chi connectivity index (χ0v) is 15.0. The van der Waals surface area contributed by atoms with Crippen LogP contribution in [0, 0.1) is 0 Å². The molecule has 2 atom stereocenters. The van der Waals surface area contributed by atoms with Crippen molar-refractivity contribution in [1.29, 1.82) is 0 Å². The lowest BCUT2D eigenvalue weighted by molar-refractivity contribution is -0.155. The van der Waals surface area contributed by atoms with E-state index in [0.717, 1.165) is 0 Å². The minimum Gasteiger partial charge on any atom is -0.460 e. The van der Waals surface area contributed by atoms with Gasteiger partial charge in [-0.25, -0.2) is 0 Å². The highest BCUT2D eigenvalue weighted by atomic mass is 16.6. The first-order valence-electron chi connectivity index (χ1n) is 7.72. The van der Waals surface area contributed by atoms with Gasteiger partial charge in [-0.2, -0.15) is 0 Å². The number of nitrogens with one attached hydrogen (secondary N) is 1. The fourth-order valence-corrected chi connectivity index (χ4v) is 1.56. The number of carbonyl (C=O) groups excluding carboxylic acids is 2. The summed E-state index contributed by atoms with van der Waals surface area (Å²) in [5, 5.41) is 2.78. The van der Waals surface area contributed by atoms with E-state index in [4.69, 9.17) is 15.2 Å². The fourth-order valence-electron chi connectivity index (χ4n) is 1.56. The van der Waals surface area contributed by atoms with Crippen LogP contribution >= 0.6 is 0 Å². The molecule has 1 unspecified atom stereocenters. The summed E-state index contributed by atoms with van der Waals surface area (Å²) in [4.78, 5) is 23.5. The summed E-state index contributed by atoms with van der Waals surface area (Å²) in [6, 6.07) is -0.871. The minimum absolute atomic E-state index is 0.124. The predicted molar refractivity (Wildman–Crippen MR) is 86.4 cm³/mol. The SMILES string of the molecule is CC(COC(C)(C)C)NC(=O)[C@@H](N)CCC(=O)OC(C)(C)C. The van der Waals surface area contributed by atoms with Crippen molar-refractivity contribution < 1.29 is 19.1 Å². The molecule has 0 fully saturated rings. The smallest absolute Gasteiger partial charge is 0.306 e. The van der Waals surface area contributed by atoms with E-state index in [9.17, 15) is 9.59 Å². The second-order valence-corrected chi connectivity index (χ2v) is 7.56. The van der Waals surface area contributed by atoms with Crippen LogP contribution in [-0.4, -0.2) is 41.8 Å². The molecule has 0 rings (SSSR count). The molecule has 0 spiro atoms. The Labute approximate surface area is 134 Å². The largest absolute Gasteiger partial charge is 0.460 e. The average Bonchev–Trinajstić information content (AvgIpc) is 2.30. The van der Waals surface area contributed by atoms with E-state index >= 15 is 0 Å². The number of amides is 1. The molecule has 1 amide bonds. The Morgan fingerprint density at radius 3 is 2.09 bits per heavy atom. The first-order valence-corrected chi connectivity index (χ1v) is 7.72. The Balaban J connectivity index is 4.09. The van der Waals surface area contributed by atoms with Crippen LogP contribution in [0.2, 0.25) is 0 Å². The standard InChI is InChI=1S/C16H32N2O4/c1-11(10-21-15(2,3)4)18-14(20)12(17)8-9-13(19)22-16(5,6)7/h11-12H,8-10,17H2,1-7H3,(H,18,20)/t11?,12-/m0/s1. The number of esters is 1. The van der Waals surface area contributed by atoms with Crippen molar-refractivity contribution in [3.05, 3.63) is 0 Å². The van der Waals surface area contributed by atoms with E-state index in [0.29, 0.717) is 6.61 Å². The first kappa shape index (κ1) is 20.9. The second kappa shape index (κ2) is 8.48. The van der Waals surface area contributed by atoms with Gasteiger partial charge in [-0.3, -0.25) is 9.59 Å². The number of nitrogens with two attached hydrogens (primary N) is 1. The van der Waals surface area contributed by atoms with Crippen molar-refractivity contribution in [2.45, 2.75) is 84.6 Å². The molecular formula is C16H32N2O4. The normalized spacial score (nSPS) is 15.1. The van der Waals surface area contributed by atoms with Crippen LogP contribution in [0.15, 0.2) is 0 Å². The van der Waals surface area contributed by atoms with Gasteiger partial charge in [0.1, 0.15) is 5.60 Å². The molecule has 3 N–H and O–H groups in total. The summed E-state index contributed by atoms with van der Waals surface area (Å²) in [5.41, 5.74) is 5.02. The van der Waals surface area contributed by atoms with Crippen LogP contribution in [0.25, 0.3) is 0 Å². The molecule has 0 aliphatic heterocycles. The Morgan fingerprint density at radius 2 is 1.64 bits per heavy atom. The van der Waals surface area contributed by atoms with E-state index in [-0.39, 0.29) is 36.4 Å². The number of hydrogen-bond acceptors (Lipinski definition) is 5. The molecule has 0 bridgehead atoms. The van der Waals surface area contributed by atoms with Crippen LogP contribution < -0.4 is 11.1 Å². The predicted octanol–water partition coefficient (Wildman–Crippen LogP) is 1.76. The monoisotopic (exact) mass is 316 g/mol. The number of rotatable bonds is 7. The third-order valence-electron chi connectivity index (χ3n) is 2.57. The zero-order valence-electron chi connectivity index (χ0n) is 15.0. The van der Waals surface area contributed by atoms with Crippen molar-refractivity contribution >= 4 is 11.9 Å². The molecule has 0 radical (unpaired) electrons. The van der Waals surface area contributed by atoms with E-state index in [1.165, 1.54) is 0 Å². The van der Waals surface area contributed by atoms with Gasteiger partial charge in [-0.15, -0.1) is 0 Å². The van der Waals surface area contributed by atoms with Gasteiger partial charge in [-0.1, -0.05) is 0 Å². The van der Waals surface area contributed by atoms with E-state index in [2.05, 4.69) is 5.32 Å². The molecule has 0 heterocycles. The number of hydrogen-bond donors (Lipinski definition) is 2. The van der Waals surface area contributed by atoms with E-state index in [1.807, 2.05) is 27.7 Å². The highest BCUT2D eigenvalue weighted by Crippen LogP contribution is 2.10. The summed E-state index contributed by atoms with van der Waals surface area (Å²) in [5.74, 6) is -0.631. The molecule has 0 aliphatic rings. The summed E-state index contributed by atoms with van der Waals surface area (Å²) in [6.07, 6.45) is 0.381. The lowest BCUT2D eigenvalue weighted by Gasteiger charge is -2.24. The third-order valence-corrected chi connectivity index (χ3v) is 2.57. The van der Waals surface area contributed by atoms with Crippen molar-refractivity contribution in [3.63, 3.8) is 0 Å². The molecule has 0 aromatic carbocycles. The van der Waals surface area contributed by atoms with Crippen molar-refractivity contribution in [2.75, 3.05) is 6.61 Å². The quantitative estimate of drug-likeness (QED) is 0.698. The van der Waals surface area contributed by atoms with E-state index < -0.39 is 11.6 Å². The van der Waals surface area contributed by atoms with Gasteiger partial charge >= 0.3 is 5.97 Å². The summed E-state index contributed by atoms with van der Waals surface area (Å²) >= 11 is 0. The van der Waals surface area contributed by atoms with Gasteiger partial charge in [0.25, 0.3) is 0 Å². The average molecular weight is 316 g/mol. The van der Waals surface area contributed by atoms with Crippen LogP contribution in [0.4, 0.5) is 0 Å². The summed E-state index contributed by atoms with van der Waals surface area (Å²) in [7, 11) is 0. The van der Waals surface area contributed by atoms with Gasteiger partial charge in [0.2, 0.25) is 5.91 Å². The Kier molecular flexibility index (Phi) is 8.04. The Bertz CT molecular complexity index is 369. The molecule has 6 heteroatoms. The highest BCUT2D eigenvalue weighted by Gasteiger charge is 2.21. The minimum atomic E-state index is -0.732. The highest BCUT2D eigenvalue weighted by molar-refractivity contribution is 5.82. The molecule has 22 heavy (non-hydrogen) atoms. The maximum Gasteiger partial charge on any atom is 0.306 e. The molecular weight excluding hydrogens is 284 g/mol. The molecule has 0 aliphatic carbocycles. The van der Waals surface area contributed by atoms with Crippen LogP contribution in [0.5, 0.6) is 0 Å². The number of carbonyl (C=O) groups is 2. The topological polar surface area (TPSA) is 90.6 Å². The molecule has 130 valence electrons. The van der Waals surface area contributed by atoms with Crippen LogP contribution in [0.1, 0.15) is 61.3 Å². The molecule has 6 nitrogen and oxygen atoms in total. The zero-order chi connectivity index (χ0) is 17.6. The van der Waals surface area contributed by atoms with Gasteiger partial charge in [-0.05, 0) is 54.9 Å². The van der Waals surface area contributed by atoms with Crippen LogP contribution in [-0.2, 0) is 19.1 Å².